The molecule has 6 nitrogen and oxygen atoms in total. The van der Waals surface area contributed by atoms with E-state index in [4.69, 9.17) is 10.5 Å². The quantitative estimate of drug-likeness (QED) is 0.777. The summed E-state index contributed by atoms with van der Waals surface area (Å²) in [5, 5.41) is 5.94. The maximum absolute atomic E-state index is 12.2. The molecule has 0 saturated carbocycles. The van der Waals surface area contributed by atoms with Crippen molar-refractivity contribution in [3.63, 3.8) is 0 Å². The Kier molecular flexibility index (Phi) is 4.64. The lowest BCUT2D eigenvalue weighted by Crippen LogP contribution is -2.29. The molecule has 21 heavy (non-hydrogen) atoms. The number of methoxy groups -OCH3 is 1. The number of nitrogens with two attached hydrogens (primary N) is 1. The van der Waals surface area contributed by atoms with Gasteiger partial charge in [-0.05, 0) is 12.1 Å². The molecule has 2 rings (SSSR count). The highest BCUT2D eigenvalue weighted by Gasteiger charge is 2.18. The number of hydrogen-bond acceptors (Lipinski definition) is 5. The molecule has 0 bridgehead atoms. The van der Waals surface area contributed by atoms with Crippen LogP contribution in [0.5, 0.6) is 5.75 Å². The fourth-order valence-electron chi connectivity index (χ4n) is 1.97. The van der Waals surface area contributed by atoms with Crippen LogP contribution in [0.2, 0.25) is 0 Å². The predicted molar refractivity (Wildman–Crippen MR) is 83.8 cm³/mol. The first kappa shape index (κ1) is 15.1. The van der Waals surface area contributed by atoms with Crippen molar-refractivity contribution in [1.29, 1.82) is 0 Å². The van der Waals surface area contributed by atoms with Crippen LogP contribution in [0, 0.1) is 0 Å². The van der Waals surface area contributed by atoms with Crippen LogP contribution in [-0.4, -0.2) is 32.5 Å². The molecular weight excluding hydrogens is 290 g/mol. The Morgan fingerprint density at radius 1 is 1.38 bits per heavy atom. The number of amides is 2. The molecule has 7 heteroatoms. The highest BCUT2D eigenvalue weighted by molar-refractivity contribution is 7.21. The van der Waals surface area contributed by atoms with Gasteiger partial charge in [0.2, 0.25) is 5.91 Å². The second kappa shape index (κ2) is 6.45. The Hall–Kier alpha value is -2.28. The summed E-state index contributed by atoms with van der Waals surface area (Å²) < 4.78 is 6.16. The van der Waals surface area contributed by atoms with E-state index in [-0.39, 0.29) is 24.8 Å². The maximum atomic E-state index is 12.2. The minimum atomic E-state index is -0.278. The molecule has 1 heterocycles. The fraction of sp³-hybridized carbons (Fsp3) is 0.286. The number of thiophene rings is 1. The fourth-order valence-corrected chi connectivity index (χ4v) is 3.03. The van der Waals surface area contributed by atoms with Gasteiger partial charge in [-0.3, -0.25) is 9.59 Å². The Morgan fingerprint density at radius 2 is 2.14 bits per heavy atom. The van der Waals surface area contributed by atoms with E-state index in [0.29, 0.717) is 16.3 Å². The minimum absolute atomic E-state index is 0.124. The third kappa shape index (κ3) is 3.08. The van der Waals surface area contributed by atoms with E-state index in [0.717, 1.165) is 10.1 Å². The molecule has 0 spiro atoms. The van der Waals surface area contributed by atoms with Crippen molar-refractivity contribution < 1.29 is 14.3 Å². The van der Waals surface area contributed by atoms with E-state index < -0.39 is 0 Å². The topological polar surface area (TPSA) is 93.5 Å². The number of anilines is 1. The lowest BCUT2D eigenvalue weighted by atomic mass is 10.2. The number of hydrogen-bond donors (Lipinski definition) is 3. The number of benzene rings is 1. The summed E-state index contributed by atoms with van der Waals surface area (Å²) in [5.74, 6) is 0.242. The Labute approximate surface area is 126 Å². The van der Waals surface area contributed by atoms with Gasteiger partial charge >= 0.3 is 0 Å². The first-order valence-electron chi connectivity index (χ1n) is 6.42. The standard InChI is InChI=1S/C14H17N3O3S/c1-16-10(18)6-7-17-14(19)13-12(15)11-8(20-2)4-3-5-9(11)21-13/h3-5H,6-7,15H2,1-2H3,(H,16,18)(H,17,19). The van der Waals surface area contributed by atoms with Crippen molar-refractivity contribution in [2.45, 2.75) is 6.42 Å². The molecule has 0 unspecified atom stereocenters. The summed E-state index contributed by atoms with van der Waals surface area (Å²) in [6, 6.07) is 5.54. The van der Waals surface area contributed by atoms with Gasteiger partial charge in [0, 0.05) is 24.7 Å². The van der Waals surface area contributed by atoms with Crippen LogP contribution >= 0.6 is 11.3 Å². The largest absolute Gasteiger partial charge is 0.496 e. The van der Waals surface area contributed by atoms with E-state index in [1.54, 1.807) is 20.2 Å². The summed E-state index contributed by atoms with van der Waals surface area (Å²) in [6.45, 7) is 0.267. The number of carbonyl (C=O) groups is 2. The Bertz CT molecular complexity index is 681. The van der Waals surface area contributed by atoms with Crippen molar-refractivity contribution in [1.82, 2.24) is 10.6 Å². The Balaban J connectivity index is 2.20. The van der Waals surface area contributed by atoms with Crippen LogP contribution in [0.4, 0.5) is 5.69 Å². The number of carbonyl (C=O) groups excluding carboxylic acids is 2. The van der Waals surface area contributed by atoms with Gasteiger partial charge in [-0.1, -0.05) is 6.07 Å². The molecule has 4 N–H and O–H groups in total. The van der Waals surface area contributed by atoms with Gasteiger partial charge in [0.15, 0.2) is 0 Å². The average Bonchev–Trinajstić information content (AvgIpc) is 2.84. The molecule has 0 radical (unpaired) electrons. The van der Waals surface area contributed by atoms with Crippen LogP contribution in [0.15, 0.2) is 18.2 Å². The van der Waals surface area contributed by atoms with E-state index >= 15 is 0 Å². The molecular formula is C14H17N3O3S. The van der Waals surface area contributed by atoms with E-state index in [2.05, 4.69) is 10.6 Å². The third-order valence-corrected chi connectivity index (χ3v) is 4.23. The number of nitrogens with one attached hydrogen (secondary N) is 2. The Morgan fingerprint density at radius 3 is 2.81 bits per heavy atom. The van der Waals surface area contributed by atoms with E-state index in [1.165, 1.54) is 11.3 Å². The van der Waals surface area contributed by atoms with Crippen molar-refractivity contribution >= 4 is 38.9 Å². The van der Waals surface area contributed by atoms with Crippen molar-refractivity contribution in [2.24, 2.45) is 0 Å². The molecule has 2 amide bonds. The van der Waals surface area contributed by atoms with Gasteiger partial charge < -0.3 is 21.1 Å². The molecule has 1 aromatic heterocycles. The molecule has 0 aliphatic rings. The molecule has 112 valence electrons. The third-order valence-electron chi connectivity index (χ3n) is 3.06. The first-order chi connectivity index (χ1) is 10.1. The summed E-state index contributed by atoms with van der Waals surface area (Å²) in [5.41, 5.74) is 6.47. The second-order valence-electron chi connectivity index (χ2n) is 4.36. The van der Waals surface area contributed by atoms with Crippen molar-refractivity contribution in [2.75, 3.05) is 26.4 Å². The SMILES string of the molecule is CNC(=O)CCNC(=O)c1sc2cccc(OC)c2c1N. The zero-order valence-corrected chi connectivity index (χ0v) is 12.7. The van der Waals surface area contributed by atoms with Crippen LogP contribution in [-0.2, 0) is 4.79 Å². The average molecular weight is 307 g/mol. The highest BCUT2D eigenvalue weighted by atomic mass is 32.1. The predicted octanol–water partition coefficient (Wildman–Crippen LogP) is 1.36. The molecule has 0 aliphatic heterocycles. The summed E-state index contributed by atoms with van der Waals surface area (Å²) in [6.07, 6.45) is 0.233. The van der Waals surface area contributed by atoms with Gasteiger partial charge in [-0.25, -0.2) is 0 Å². The lowest BCUT2D eigenvalue weighted by Gasteiger charge is -2.04. The number of nitrogen functional groups attached to an aromatic ring is 1. The number of rotatable bonds is 5. The summed E-state index contributed by atoms with van der Waals surface area (Å²) in [4.78, 5) is 23.7. The first-order valence-corrected chi connectivity index (χ1v) is 7.24. The molecule has 0 aliphatic carbocycles. The molecule has 0 fully saturated rings. The highest BCUT2D eigenvalue weighted by Crippen LogP contribution is 2.39. The molecule has 2 aromatic rings. The number of ether oxygens (including phenoxy) is 1. The maximum Gasteiger partial charge on any atom is 0.263 e. The second-order valence-corrected chi connectivity index (χ2v) is 5.41. The van der Waals surface area contributed by atoms with Crippen molar-refractivity contribution in [3.05, 3.63) is 23.1 Å². The van der Waals surface area contributed by atoms with E-state index in [9.17, 15) is 9.59 Å². The van der Waals surface area contributed by atoms with Gasteiger partial charge in [0.1, 0.15) is 10.6 Å². The molecule has 0 atom stereocenters. The monoisotopic (exact) mass is 307 g/mol. The van der Waals surface area contributed by atoms with E-state index in [1.807, 2.05) is 12.1 Å². The van der Waals surface area contributed by atoms with Gasteiger partial charge in [-0.15, -0.1) is 11.3 Å². The molecule has 0 saturated heterocycles. The normalized spacial score (nSPS) is 10.4. The van der Waals surface area contributed by atoms with Crippen LogP contribution in [0.1, 0.15) is 16.1 Å². The molecule has 1 aromatic carbocycles. The van der Waals surface area contributed by atoms with Crippen LogP contribution < -0.4 is 21.1 Å². The van der Waals surface area contributed by atoms with Crippen LogP contribution in [0.25, 0.3) is 10.1 Å². The smallest absolute Gasteiger partial charge is 0.263 e. The zero-order valence-electron chi connectivity index (χ0n) is 11.9. The summed E-state index contributed by atoms with van der Waals surface area (Å²) in [7, 11) is 3.12. The van der Waals surface area contributed by atoms with Gasteiger partial charge in [-0.2, -0.15) is 0 Å². The minimum Gasteiger partial charge on any atom is -0.496 e. The van der Waals surface area contributed by atoms with Gasteiger partial charge in [0.25, 0.3) is 5.91 Å². The lowest BCUT2D eigenvalue weighted by molar-refractivity contribution is -0.120. The van der Waals surface area contributed by atoms with Crippen molar-refractivity contribution in [3.8, 4) is 5.75 Å². The summed E-state index contributed by atoms with van der Waals surface area (Å²) >= 11 is 1.31. The number of fused-ring (bicyclic) bond motifs is 1. The van der Waals surface area contributed by atoms with Gasteiger partial charge in [0.05, 0.1) is 18.2 Å². The van der Waals surface area contributed by atoms with Crippen LogP contribution in [0.3, 0.4) is 0 Å². The zero-order chi connectivity index (χ0) is 15.4.